The van der Waals surface area contributed by atoms with Gasteiger partial charge in [0.15, 0.2) is 13.9 Å². The van der Waals surface area contributed by atoms with Gasteiger partial charge in [0.2, 0.25) is 5.91 Å². The molecule has 3 aliphatic rings. The molecule has 35 heavy (non-hydrogen) atoms. The van der Waals surface area contributed by atoms with Crippen molar-refractivity contribution in [2.45, 2.75) is 62.7 Å². The lowest BCUT2D eigenvalue weighted by molar-refractivity contribution is -0.149. The number of anilines is 1. The van der Waals surface area contributed by atoms with E-state index in [9.17, 15) is 19.5 Å². The van der Waals surface area contributed by atoms with E-state index in [1.807, 2.05) is 62.5 Å². The number of rotatable bonds is 4. The minimum Gasteiger partial charge on any atom is -0.432 e. The third kappa shape index (κ3) is 3.97. The molecule has 3 N–H and O–H groups in total. The molecule has 3 heterocycles. The Kier molecular flexibility index (Phi) is 6.20. The Morgan fingerprint density at radius 1 is 1.26 bits per heavy atom. The van der Waals surface area contributed by atoms with Gasteiger partial charge in [0, 0.05) is 33.7 Å². The van der Waals surface area contributed by atoms with Crippen LogP contribution in [0.25, 0.3) is 0 Å². The summed E-state index contributed by atoms with van der Waals surface area (Å²) in [6.07, 6.45) is 0.0252. The largest absolute Gasteiger partial charge is 0.432 e. The number of fused-ring (bicyclic) bond motifs is 3. The second-order valence-corrected chi connectivity index (χ2v) is 15.4. The first-order valence-electron chi connectivity index (χ1n) is 12.0. The lowest BCUT2D eigenvalue weighted by Crippen LogP contribution is -2.48. The van der Waals surface area contributed by atoms with Crippen molar-refractivity contribution in [1.82, 2.24) is 4.90 Å². The third-order valence-corrected chi connectivity index (χ3v) is 11.0. The fraction of sp³-hybridized carbons (Fsp3) is 0.462. The smallest absolute Gasteiger partial charge is 0.261 e. The molecule has 2 amide bonds. The number of halogens is 1. The standard InChI is InChI=1S/C26H31BrN2O5Si/c1-15-24(35(2,3)33)22(34-26(15)20-11-18(27)8-9-21(20)28-25(26)32)12-23(31)29-13-17-7-5-4-6-16(17)10-19(29)14-30/h4-9,11,15,19,22,24,30,33H,10,12-14H2,1-3H3,(H,28,32)/t15-,19+,22+,24-,26+/m1/s1. The van der Waals surface area contributed by atoms with Crippen molar-refractivity contribution in [2.24, 2.45) is 5.92 Å². The zero-order valence-corrected chi connectivity index (χ0v) is 22.7. The third-order valence-electron chi connectivity index (χ3n) is 7.96. The van der Waals surface area contributed by atoms with E-state index in [2.05, 4.69) is 21.2 Å². The van der Waals surface area contributed by atoms with Crippen LogP contribution in [0.3, 0.4) is 0 Å². The first-order chi connectivity index (χ1) is 16.6. The molecule has 1 saturated heterocycles. The summed E-state index contributed by atoms with van der Waals surface area (Å²) in [5.41, 5.74) is 2.07. The molecule has 0 aromatic heterocycles. The molecule has 9 heteroatoms. The molecule has 1 fully saturated rings. The van der Waals surface area contributed by atoms with E-state index in [1.165, 1.54) is 0 Å². The Hall–Kier alpha value is -2.04. The van der Waals surface area contributed by atoms with Crippen LogP contribution in [0, 0.1) is 5.92 Å². The predicted molar refractivity (Wildman–Crippen MR) is 138 cm³/mol. The number of ether oxygens (including phenoxy) is 1. The Morgan fingerprint density at radius 2 is 1.97 bits per heavy atom. The van der Waals surface area contributed by atoms with Crippen LogP contribution in [-0.2, 0) is 32.9 Å². The zero-order chi connectivity index (χ0) is 25.1. The minimum atomic E-state index is -2.84. The molecule has 2 aromatic rings. The second kappa shape index (κ2) is 8.81. The van der Waals surface area contributed by atoms with Gasteiger partial charge in [0.05, 0.1) is 25.2 Å². The van der Waals surface area contributed by atoms with Gasteiger partial charge in [-0.15, -0.1) is 0 Å². The molecule has 0 unspecified atom stereocenters. The van der Waals surface area contributed by atoms with Gasteiger partial charge < -0.3 is 24.9 Å². The number of hydrogen-bond donors (Lipinski definition) is 3. The van der Waals surface area contributed by atoms with Crippen molar-refractivity contribution in [2.75, 3.05) is 11.9 Å². The van der Waals surface area contributed by atoms with Gasteiger partial charge >= 0.3 is 0 Å². The molecule has 1 spiro atoms. The summed E-state index contributed by atoms with van der Waals surface area (Å²) in [5.74, 6) is -0.710. The van der Waals surface area contributed by atoms with E-state index in [0.29, 0.717) is 18.7 Å². The van der Waals surface area contributed by atoms with Crippen LogP contribution in [0.2, 0.25) is 18.6 Å². The monoisotopic (exact) mass is 558 g/mol. The molecule has 7 nitrogen and oxygen atoms in total. The minimum absolute atomic E-state index is 0.0447. The number of carbonyl (C=O) groups excluding carboxylic acids is 2. The maximum absolute atomic E-state index is 13.7. The number of nitrogens with zero attached hydrogens (tertiary/aromatic N) is 1. The summed E-state index contributed by atoms with van der Waals surface area (Å²) in [6, 6.07) is 13.3. The van der Waals surface area contributed by atoms with E-state index >= 15 is 0 Å². The Morgan fingerprint density at radius 3 is 2.66 bits per heavy atom. The molecule has 186 valence electrons. The molecule has 0 aliphatic carbocycles. The lowest BCUT2D eigenvalue weighted by atomic mass is 9.82. The van der Waals surface area contributed by atoms with E-state index in [4.69, 9.17) is 4.74 Å². The molecule has 5 rings (SSSR count). The molecular weight excluding hydrogens is 528 g/mol. The van der Waals surface area contributed by atoms with Gasteiger partial charge in [-0.1, -0.05) is 47.1 Å². The average molecular weight is 560 g/mol. The van der Waals surface area contributed by atoms with Gasteiger partial charge in [0.25, 0.3) is 5.91 Å². The summed E-state index contributed by atoms with van der Waals surface area (Å²) >= 11 is 3.51. The topological polar surface area (TPSA) is 99.1 Å². The highest BCUT2D eigenvalue weighted by molar-refractivity contribution is 9.10. The van der Waals surface area contributed by atoms with E-state index < -0.39 is 20.0 Å². The SMILES string of the molecule is C[C@@H]1[C@@H]([Si](C)(C)O)[C@H](CC(=O)N2Cc3ccccc3C[C@H]2CO)O[C@@]12C(=O)Nc1ccc(Br)cc12. The Balaban J connectivity index is 1.47. The van der Waals surface area contributed by atoms with Crippen LogP contribution in [0.1, 0.15) is 30.0 Å². The van der Waals surface area contributed by atoms with Gasteiger partial charge in [0.1, 0.15) is 0 Å². The average Bonchev–Trinajstić information content (AvgIpc) is 3.26. The quantitative estimate of drug-likeness (QED) is 0.498. The van der Waals surface area contributed by atoms with Crippen molar-refractivity contribution in [3.05, 3.63) is 63.6 Å². The number of aliphatic hydroxyl groups is 1. The van der Waals surface area contributed by atoms with Crippen molar-refractivity contribution in [3.8, 4) is 0 Å². The first kappa shape index (κ1) is 24.6. The van der Waals surface area contributed by atoms with E-state index in [-0.39, 0.29) is 42.3 Å². The molecule has 0 bridgehead atoms. The number of carbonyl (C=O) groups is 2. The highest BCUT2D eigenvalue weighted by Crippen LogP contribution is 2.58. The maximum Gasteiger partial charge on any atom is 0.261 e. The van der Waals surface area contributed by atoms with Crippen molar-refractivity contribution in [3.63, 3.8) is 0 Å². The van der Waals surface area contributed by atoms with Crippen molar-refractivity contribution < 1.29 is 24.2 Å². The predicted octanol–water partition coefficient (Wildman–Crippen LogP) is 3.53. The molecule has 5 atom stereocenters. The number of hydrogen-bond acceptors (Lipinski definition) is 5. The zero-order valence-electron chi connectivity index (χ0n) is 20.1. The number of nitrogens with one attached hydrogen (secondary N) is 1. The summed E-state index contributed by atoms with van der Waals surface area (Å²) in [4.78, 5) is 40.1. The molecular formula is C26H31BrN2O5Si. The maximum atomic E-state index is 13.7. The van der Waals surface area contributed by atoms with Crippen LogP contribution in [0.4, 0.5) is 5.69 Å². The van der Waals surface area contributed by atoms with Crippen molar-refractivity contribution in [1.29, 1.82) is 0 Å². The van der Waals surface area contributed by atoms with Crippen LogP contribution in [0.15, 0.2) is 46.9 Å². The summed E-state index contributed by atoms with van der Waals surface area (Å²) in [6.45, 7) is 5.93. The van der Waals surface area contributed by atoms with Gasteiger partial charge in [-0.3, -0.25) is 9.59 Å². The molecule has 3 aliphatic heterocycles. The highest BCUT2D eigenvalue weighted by Gasteiger charge is 2.65. The number of amides is 2. The number of benzene rings is 2. The lowest BCUT2D eigenvalue weighted by Gasteiger charge is -2.37. The van der Waals surface area contributed by atoms with Gasteiger partial charge in [-0.05, 0) is 48.8 Å². The second-order valence-electron chi connectivity index (χ2n) is 10.5. The fourth-order valence-electron chi connectivity index (χ4n) is 6.40. The Bertz CT molecular complexity index is 1180. The summed E-state index contributed by atoms with van der Waals surface area (Å²) < 4.78 is 7.42. The normalized spacial score (nSPS) is 29.8. The van der Waals surface area contributed by atoms with E-state index in [0.717, 1.165) is 21.2 Å². The number of aliphatic hydroxyl groups excluding tert-OH is 1. The van der Waals surface area contributed by atoms with Gasteiger partial charge in [-0.25, -0.2) is 0 Å². The fourth-order valence-corrected chi connectivity index (χ4v) is 9.32. The van der Waals surface area contributed by atoms with Crippen LogP contribution >= 0.6 is 15.9 Å². The van der Waals surface area contributed by atoms with Crippen molar-refractivity contribution >= 4 is 41.7 Å². The molecule has 2 aromatic carbocycles. The summed E-state index contributed by atoms with van der Waals surface area (Å²) in [5, 5.41) is 13.0. The first-order valence-corrected chi connectivity index (χ1v) is 15.9. The van der Waals surface area contributed by atoms with Crippen LogP contribution in [-0.4, -0.2) is 53.7 Å². The van der Waals surface area contributed by atoms with E-state index in [1.54, 1.807) is 4.90 Å². The van der Waals surface area contributed by atoms with Crippen LogP contribution < -0.4 is 5.32 Å². The van der Waals surface area contributed by atoms with Crippen LogP contribution in [0.5, 0.6) is 0 Å². The molecule has 0 radical (unpaired) electrons. The Labute approximate surface area is 214 Å². The molecule has 0 saturated carbocycles. The summed E-state index contributed by atoms with van der Waals surface area (Å²) in [7, 11) is -2.84. The van der Waals surface area contributed by atoms with Gasteiger partial charge in [-0.2, -0.15) is 0 Å². The highest BCUT2D eigenvalue weighted by atomic mass is 79.9.